The summed E-state index contributed by atoms with van der Waals surface area (Å²) in [5.74, 6) is 0.257. The van der Waals surface area contributed by atoms with Gasteiger partial charge in [0.1, 0.15) is 4.90 Å². The van der Waals surface area contributed by atoms with Gasteiger partial charge in [-0.05, 0) is 30.0 Å². The molecular formula is C13H19ClN2O2S. The number of nitrogens with two attached hydrogens (primary N) is 1. The Balaban J connectivity index is 2.42. The Hall–Kier alpha value is -0.620. The lowest BCUT2D eigenvalue weighted by Crippen LogP contribution is -2.32. The lowest BCUT2D eigenvalue weighted by Gasteiger charge is -2.18. The highest BCUT2D eigenvalue weighted by molar-refractivity contribution is 7.89. The number of sulfonamides is 1. The average Bonchev–Trinajstić information content (AvgIpc) is 2.76. The van der Waals surface area contributed by atoms with Crippen LogP contribution in [0.2, 0.25) is 5.02 Å². The van der Waals surface area contributed by atoms with Crippen LogP contribution in [0.5, 0.6) is 0 Å². The molecule has 4 nitrogen and oxygen atoms in total. The summed E-state index contributed by atoms with van der Waals surface area (Å²) in [6, 6.07) is 5.11. The first-order valence-electron chi connectivity index (χ1n) is 6.37. The molecule has 0 saturated carbocycles. The normalized spacial score (nSPS) is 21.2. The summed E-state index contributed by atoms with van der Waals surface area (Å²) in [6.07, 6.45) is 0.695. The van der Waals surface area contributed by atoms with Crippen molar-refractivity contribution in [2.45, 2.75) is 37.1 Å². The molecular weight excluding hydrogens is 284 g/mol. The van der Waals surface area contributed by atoms with Crippen molar-refractivity contribution in [2.24, 2.45) is 5.73 Å². The lowest BCUT2D eigenvalue weighted by atomic mass is 10.0. The van der Waals surface area contributed by atoms with Gasteiger partial charge in [0.25, 0.3) is 0 Å². The van der Waals surface area contributed by atoms with Gasteiger partial charge in [-0.2, -0.15) is 4.31 Å². The first-order valence-corrected chi connectivity index (χ1v) is 8.19. The molecule has 106 valence electrons. The van der Waals surface area contributed by atoms with E-state index >= 15 is 0 Å². The van der Waals surface area contributed by atoms with E-state index in [0.29, 0.717) is 19.5 Å². The number of benzene rings is 1. The molecule has 0 radical (unpaired) electrons. The Labute approximate surface area is 119 Å². The van der Waals surface area contributed by atoms with Gasteiger partial charge < -0.3 is 5.73 Å². The van der Waals surface area contributed by atoms with Crippen LogP contribution in [0, 0.1) is 0 Å². The standard InChI is InChI=1S/C13H19ClN2O2S/c1-9(2)10-3-4-12(14)13(7-10)19(17,18)16-6-5-11(15)8-16/h3-4,7,9,11H,5-6,8,15H2,1-2H3/t11-/m1/s1. The van der Waals surface area contributed by atoms with Crippen LogP contribution in [0.4, 0.5) is 0 Å². The molecule has 19 heavy (non-hydrogen) atoms. The first-order chi connectivity index (χ1) is 8.82. The zero-order valence-electron chi connectivity index (χ0n) is 11.1. The highest BCUT2D eigenvalue weighted by atomic mass is 35.5. The molecule has 6 heteroatoms. The van der Waals surface area contributed by atoms with Crippen LogP contribution in [0.3, 0.4) is 0 Å². The molecule has 1 heterocycles. The molecule has 1 saturated heterocycles. The van der Waals surface area contributed by atoms with Gasteiger partial charge in [-0.25, -0.2) is 8.42 Å². The monoisotopic (exact) mass is 302 g/mol. The van der Waals surface area contributed by atoms with Gasteiger partial charge in [0, 0.05) is 19.1 Å². The molecule has 1 aliphatic heterocycles. The second-order valence-electron chi connectivity index (χ2n) is 5.26. The van der Waals surface area contributed by atoms with Gasteiger partial charge in [0.05, 0.1) is 5.02 Å². The van der Waals surface area contributed by atoms with Crippen molar-refractivity contribution in [2.75, 3.05) is 13.1 Å². The zero-order valence-corrected chi connectivity index (χ0v) is 12.7. The summed E-state index contributed by atoms with van der Waals surface area (Å²) in [7, 11) is -3.54. The highest BCUT2D eigenvalue weighted by Crippen LogP contribution is 2.29. The summed E-state index contributed by atoms with van der Waals surface area (Å²) in [4.78, 5) is 0.189. The Kier molecular flexibility index (Phi) is 4.20. The molecule has 0 unspecified atom stereocenters. The Bertz CT molecular complexity index is 572. The van der Waals surface area contributed by atoms with Gasteiger partial charge in [0.2, 0.25) is 10.0 Å². The second kappa shape index (κ2) is 5.40. The van der Waals surface area contributed by atoms with E-state index in [1.807, 2.05) is 19.9 Å². The van der Waals surface area contributed by atoms with Gasteiger partial charge in [0.15, 0.2) is 0 Å². The molecule has 0 amide bonds. The summed E-state index contributed by atoms with van der Waals surface area (Å²) in [5, 5.41) is 0.268. The molecule has 2 N–H and O–H groups in total. The third kappa shape index (κ3) is 2.94. The maximum absolute atomic E-state index is 12.6. The Morgan fingerprint density at radius 2 is 2.11 bits per heavy atom. The smallest absolute Gasteiger partial charge is 0.244 e. The van der Waals surface area contributed by atoms with E-state index in [4.69, 9.17) is 17.3 Å². The summed E-state index contributed by atoms with van der Waals surface area (Å²) in [6.45, 7) is 4.87. The van der Waals surface area contributed by atoms with Crippen molar-refractivity contribution >= 4 is 21.6 Å². The fraction of sp³-hybridized carbons (Fsp3) is 0.538. The largest absolute Gasteiger partial charge is 0.326 e. The minimum absolute atomic E-state index is 0.0816. The van der Waals surface area contributed by atoms with E-state index < -0.39 is 10.0 Å². The molecule has 1 aromatic rings. The van der Waals surface area contributed by atoms with Gasteiger partial charge in [-0.3, -0.25) is 0 Å². The van der Waals surface area contributed by atoms with Crippen LogP contribution in [0.1, 0.15) is 31.7 Å². The lowest BCUT2D eigenvalue weighted by molar-refractivity contribution is 0.472. The Morgan fingerprint density at radius 1 is 1.42 bits per heavy atom. The van der Waals surface area contributed by atoms with Gasteiger partial charge in [-0.15, -0.1) is 0 Å². The van der Waals surface area contributed by atoms with Crippen LogP contribution in [0.15, 0.2) is 23.1 Å². The SMILES string of the molecule is CC(C)c1ccc(Cl)c(S(=O)(=O)N2CC[C@@H](N)C2)c1. The van der Waals surface area contributed by atoms with Crippen molar-refractivity contribution < 1.29 is 8.42 Å². The molecule has 0 aliphatic carbocycles. The van der Waals surface area contributed by atoms with E-state index in [9.17, 15) is 8.42 Å². The number of rotatable bonds is 3. The average molecular weight is 303 g/mol. The molecule has 1 atom stereocenters. The maximum Gasteiger partial charge on any atom is 0.244 e. The van der Waals surface area contributed by atoms with Crippen LogP contribution in [0.25, 0.3) is 0 Å². The van der Waals surface area contributed by atoms with E-state index in [1.54, 1.807) is 12.1 Å². The summed E-state index contributed by atoms with van der Waals surface area (Å²) < 4.78 is 26.5. The third-order valence-corrected chi connectivity index (χ3v) is 5.77. The fourth-order valence-corrected chi connectivity index (χ4v) is 4.21. The van der Waals surface area contributed by atoms with Crippen LogP contribution >= 0.6 is 11.6 Å². The minimum Gasteiger partial charge on any atom is -0.326 e. The summed E-state index contributed by atoms with van der Waals surface area (Å²) in [5.41, 5.74) is 6.74. The molecule has 0 aromatic heterocycles. The third-order valence-electron chi connectivity index (χ3n) is 3.43. The molecule has 1 fully saturated rings. The number of hydrogen-bond acceptors (Lipinski definition) is 3. The zero-order chi connectivity index (χ0) is 14.2. The van der Waals surface area contributed by atoms with Gasteiger partial charge in [-0.1, -0.05) is 31.5 Å². The van der Waals surface area contributed by atoms with Crippen molar-refractivity contribution in [3.63, 3.8) is 0 Å². The molecule has 1 aromatic carbocycles. The van der Waals surface area contributed by atoms with E-state index in [1.165, 1.54) is 4.31 Å². The fourth-order valence-electron chi connectivity index (χ4n) is 2.19. The number of hydrogen-bond donors (Lipinski definition) is 1. The topological polar surface area (TPSA) is 63.4 Å². The van der Waals surface area contributed by atoms with Crippen LogP contribution in [-0.2, 0) is 10.0 Å². The van der Waals surface area contributed by atoms with Crippen LogP contribution in [-0.4, -0.2) is 31.9 Å². The summed E-state index contributed by atoms with van der Waals surface area (Å²) >= 11 is 6.06. The van der Waals surface area contributed by atoms with Gasteiger partial charge >= 0.3 is 0 Å². The minimum atomic E-state index is -3.54. The highest BCUT2D eigenvalue weighted by Gasteiger charge is 2.32. The molecule has 1 aliphatic rings. The predicted molar refractivity (Wildman–Crippen MR) is 76.9 cm³/mol. The predicted octanol–water partition coefficient (Wildman–Crippen LogP) is 2.19. The molecule has 2 rings (SSSR count). The Morgan fingerprint density at radius 3 is 2.63 bits per heavy atom. The van der Waals surface area contributed by atoms with Crippen LogP contribution < -0.4 is 5.73 Å². The van der Waals surface area contributed by atoms with Crippen molar-refractivity contribution in [1.29, 1.82) is 0 Å². The maximum atomic E-state index is 12.6. The van der Waals surface area contributed by atoms with Crippen molar-refractivity contribution in [3.05, 3.63) is 28.8 Å². The quantitative estimate of drug-likeness (QED) is 0.931. The number of nitrogens with zero attached hydrogens (tertiary/aromatic N) is 1. The number of halogens is 1. The van der Waals surface area contributed by atoms with E-state index in [-0.39, 0.29) is 21.9 Å². The second-order valence-corrected chi connectivity index (χ2v) is 7.57. The molecule has 0 spiro atoms. The molecule has 0 bridgehead atoms. The van der Waals surface area contributed by atoms with Crippen molar-refractivity contribution in [3.8, 4) is 0 Å². The van der Waals surface area contributed by atoms with E-state index in [2.05, 4.69) is 0 Å². The first kappa shape index (κ1) is 14.8. The van der Waals surface area contributed by atoms with Crippen molar-refractivity contribution in [1.82, 2.24) is 4.31 Å². The van der Waals surface area contributed by atoms with E-state index in [0.717, 1.165) is 5.56 Å².